The fraction of sp³-hybridized carbons (Fsp3) is 0.120. The van der Waals surface area contributed by atoms with Crippen molar-refractivity contribution in [3.05, 3.63) is 106 Å². The van der Waals surface area contributed by atoms with Crippen LogP contribution in [0, 0.1) is 11.3 Å². The van der Waals surface area contributed by atoms with E-state index in [1.54, 1.807) is 6.08 Å². The number of hydrogen-bond donors (Lipinski definition) is 1. The molecule has 0 aliphatic carbocycles. The molecule has 0 saturated carbocycles. The molecular weight excluding hydrogens is 440 g/mol. The lowest BCUT2D eigenvalue weighted by Crippen LogP contribution is -2.26. The number of carbonyl (C=O) groups excluding carboxylic acids is 1. The van der Waals surface area contributed by atoms with Crippen LogP contribution in [-0.2, 0) is 17.8 Å². The summed E-state index contributed by atoms with van der Waals surface area (Å²) < 4.78 is 6.93. The SMILES string of the molecule is N#C/C(=C\c1ccccc1OCc1ccc(Br)cc1)C(=O)NCCc1ccccc1. The first-order valence-corrected chi connectivity index (χ1v) is 10.3. The largest absolute Gasteiger partial charge is 0.488 e. The molecule has 0 aliphatic rings. The van der Waals surface area contributed by atoms with Crippen molar-refractivity contribution in [3.8, 4) is 11.8 Å². The van der Waals surface area contributed by atoms with E-state index >= 15 is 0 Å². The molecule has 0 aromatic heterocycles. The Kier molecular flexibility index (Phi) is 7.82. The molecule has 0 aliphatic heterocycles. The first-order chi connectivity index (χ1) is 14.7. The zero-order valence-electron chi connectivity index (χ0n) is 16.3. The molecule has 3 aromatic rings. The smallest absolute Gasteiger partial charge is 0.261 e. The molecule has 1 N–H and O–H groups in total. The minimum atomic E-state index is -0.392. The lowest BCUT2D eigenvalue weighted by atomic mass is 10.1. The van der Waals surface area contributed by atoms with Crippen LogP contribution in [0.2, 0.25) is 0 Å². The van der Waals surface area contributed by atoms with Gasteiger partial charge in [-0.3, -0.25) is 4.79 Å². The third-order valence-corrected chi connectivity index (χ3v) is 4.96. The number of amides is 1. The van der Waals surface area contributed by atoms with Crippen LogP contribution in [0.3, 0.4) is 0 Å². The molecular formula is C25H21BrN2O2. The summed E-state index contributed by atoms with van der Waals surface area (Å²) in [5.74, 6) is 0.224. The molecule has 150 valence electrons. The van der Waals surface area contributed by atoms with E-state index in [0.29, 0.717) is 30.9 Å². The van der Waals surface area contributed by atoms with Gasteiger partial charge in [0.1, 0.15) is 24.0 Å². The number of nitrogens with zero attached hydrogens (tertiary/aromatic N) is 1. The van der Waals surface area contributed by atoms with E-state index in [9.17, 15) is 10.1 Å². The number of carbonyl (C=O) groups is 1. The van der Waals surface area contributed by atoms with E-state index in [2.05, 4.69) is 21.2 Å². The maximum Gasteiger partial charge on any atom is 0.261 e. The Balaban J connectivity index is 1.65. The van der Waals surface area contributed by atoms with E-state index in [1.165, 1.54) is 0 Å². The van der Waals surface area contributed by atoms with Crippen molar-refractivity contribution in [3.63, 3.8) is 0 Å². The van der Waals surface area contributed by atoms with Crippen LogP contribution in [0.5, 0.6) is 5.75 Å². The molecule has 0 unspecified atom stereocenters. The summed E-state index contributed by atoms with van der Waals surface area (Å²) in [5, 5.41) is 12.3. The fourth-order valence-corrected chi connectivity index (χ4v) is 3.10. The molecule has 3 rings (SSSR count). The van der Waals surface area contributed by atoms with E-state index in [4.69, 9.17) is 4.74 Å². The number of nitriles is 1. The Morgan fingerprint density at radius 1 is 0.967 bits per heavy atom. The van der Waals surface area contributed by atoms with E-state index < -0.39 is 5.91 Å². The monoisotopic (exact) mass is 460 g/mol. The van der Waals surface area contributed by atoms with Crippen LogP contribution in [-0.4, -0.2) is 12.5 Å². The molecule has 5 heteroatoms. The molecule has 0 spiro atoms. The minimum absolute atomic E-state index is 0.0442. The van der Waals surface area contributed by atoms with Crippen LogP contribution < -0.4 is 10.1 Å². The predicted molar refractivity (Wildman–Crippen MR) is 122 cm³/mol. The van der Waals surface area contributed by atoms with E-state index in [-0.39, 0.29) is 5.57 Å². The van der Waals surface area contributed by atoms with Crippen LogP contribution in [0.4, 0.5) is 0 Å². The predicted octanol–water partition coefficient (Wildman–Crippen LogP) is 5.29. The van der Waals surface area contributed by atoms with E-state index in [1.807, 2.05) is 84.9 Å². The summed E-state index contributed by atoms with van der Waals surface area (Å²) in [6.07, 6.45) is 2.27. The molecule has 0 radical (unpaired) electrons. The fourth-order valence-electron chi connectivity index (χ4n) is 2.84. The van der Waals surface area contributed by atoms with Gasteiger partial charge in [0.15, 0.2) is 0 Å². The van der Waals surface area contributed by atoms with Gasteiger partial charge < -0.3 is 10.1 Å². The lowest BCUT2D eigenvalue weighted by Gasteiger charge is -2.10. The van der Waals surface area contributed by atoms with Gasteiger partial charge >= 0.3 is 0 Å². The molecule has 0 fully saturated rings. The number of halogens is 1. The molecule has 1 amide bonds. The summed E-state index contributed by atoms with van der Waals surface area (Å²) >= 11 is 3.42. The van der Waals surface area contributed by atoms with Gasteiger partial charge in [-0.15, -0.1) is 0 Å². The molecule has 4 nitrogen and oxygen atoms in total. The topological polar surface area (TPSA) is 62.1 Å². The van der Waals surface area contributed by atoms with Crippen molar-refractivity contribution in [2.75, 3.05) is 6.54 Å². The molecule has 30 heavy (non-hydrogen) atoms. The van der Waals surface area contributed by atoms with Gasteiger partial charge in [-0.2, -0.15) is 5.26 Å². The van der Waals surface area contributed by atoms with Gasteiger partial charge in [-0.1, -0.05) is 76.6 Å². The van der Waals surface area contributed by atoms with Crippen LogP contribution in [0.15, 0.2) is 88.9 Å². The number of ether oxygens (including phenoxy) is 1. The summed E-state index contributed by atoms with van der Waals surface area (Å²) in [5.41, 5.74) is 2.88. The molecule has 3 aromatic carbocycles. The lowest BCUT2D eigenvalue weighted by molar-refractivity contribution is -0.117. The van der Waals surface area contributed by atoms with Crippen molar-refractivity contribution >= 4 is 27.9 Å². The standard InChI is InChI=1S/C25H21BrN2O2/c26-23-12-10-20(11-13-23)18-30-24-9-5-4-8-21(24)16-22(17-27)25(29)28-15-14-19-6-2-1-3-7-19/h1-13,16H,14-15,18H2,(H,28,29)/b22-16+. The Bertz CT molecular complexity index is 1050. The Hall–Kier alpha value is -3.36. The summed E-state index contributed by atoms with van der Waals surface area (Å²) in [6, 6.07) is 27.1. The first kappa shape index (κ1) is 21.4. The maximum absolute atomic E-state index is 12.4. The zero-order chi connectivity index (χ0) is 21.2. The van der Waals surface area contributed by atoms with Gasteiger partial charge in [-0.25, -0.2) is 0 Å². The maximum atomic E-state index is 12.4. The number of benzene rings is 3. The Morgan fingerprint density at radius 3 is 2.40 bits per heavy atom. The molecule has 0 saturated heterocycles. The van der Waals surface area contributed by atoms with Crippen LogP contribution >= 0.6 is 15.9 Å². The third kappa shape index (κ3) is 6.33. The van der Waals surface area contributed by atoms with E-state index in [0.717, 1.165) is 15.6 Å². The van der Waals surface area contributed by atoms with Crippen molar-refractivity contribution in [1.29, 1.82) is 5.26 Å². The highest BCUT2D eigenvalue weighted by atomic mass is 79.9. The average molecular weight is 461 g/mol. The highest BCUT2D eigenvalue weighted by molar-refractivity contribution is 9.10. The normalized spacial score (nSPS) is 10.9. The second-order valence-corrected chi connectivity index (χ2v) is 7.53. The quantitative estimate of drug-likeness (QED) is 0.366. The van der Waals surface area contributed by atoms with Crippen LogP contribution in [0.1, 0.15) is 16.7 Å². The number of hydrogen-bond acceptors (Lipinski definition) is 3. The highest BCUT2D eigenvalue weighted by Crippen LogP contribution is 2.22. The second-order valence-electron chi connectivity index (χ2n) is 6.61. The van der Waals surface area contributed by atoms with Crippen molar-refractivity contribution in [1.82, 2.24) is 5.32 Å². The number of para-hydroxylation sites is 1. The van der Waals surface area contributed by atoms with Crippen molar-refractivity contribution in [2.24, 2.45) is 0 Å². The van der Waals surface area contributed by atoms with Gasteiger partial charge in [-0.05, 0) is 41.8 Å². The second kappa shape index (κ2) is 11.0. The summed E-state index contributed by atoms with van der Waals surface area (Å²) in [4.78, 5) is 12.4. The number of nitrogens with one attached hydrogen (secondary N) is 1. The third-order valence-electron chi connectivity index (χ3n) is 4.43. The van der Waals surface area contributed by atoms with Crippen molar-refractivity contribution < 1.29 is 9.53 Å². The van der Waals surface area contributed by atoms with Gasteiger partial charge in [0.05, 0.1) is 0 Å². The average Bonchev–Trinajstić information content (AvgIpc) is 2.78. The Labute approximate surface area is 184 Å². The van der Waals surface area contributed by atoms with Crippen LogP contribution in [0.25, 0.3) is 6.08 Å². The summed E-state index contributed by atoms with van der Waals surface area (Å²) in [7, 11) is 0. The van der Waals surface area contributed by atoms with Gasteiger partial charge in [0, 0.05) is 16.6 Å². The first-order valence-electron chi connectivity index (χ1n) is 9.56. The van der Waals surface area contributed by atoms with Gasteiger partial charge in [0.25, 0.3) is 5.91 Å². The van der Waals surface area contributed by atoms with Gasteiger partial charge in [0.2, 0.25) is 0 Å². The zero-order valence-corrected chi connectivity index (χ0v) is 17.9. The Morgan fingerprint density at radius 2 is 1.67 bits per heavy atom. The molecule has 0 heterocycles. The highest BCUT2D eigenvalue weighted by Gasteiger charge is 2.10. The molecule has 0 bridgehead atoms. The molecule has 0 atom stereocenters. The van der Waals surface area contributed by atoms with Crippen molar-refractivity contribution in [2.45, 2.75) is 13.0 Å². The minimum Gasteiger partial charge on any atom is -0.488 e. The summed E-state index contributed by atoms with van der Waals surface area (Å²) in [6.45, 7) is 0.854. The number of rotatable bonds is 8.